The van der Waals surface area contributed by atoms with E-state index in [0.717, 1.165) is 28.0 Å². The first-order valence-corrected chi connectivity index (χ1v) is 9.64. The average molecular weight is 439 g/mol. The molecule has 1 unspecified atom stereocenters. The molecule has 1 amide bonds. The van der Waals surface area contributed by atoms with Crippen molar-refractivity contribution in [2.75, 3.05) is 12.4 Å². The number of benzene rings is 1. The molecule has 3 heterocycles. The maximum atomic E-state index is 12.7. The van der Waals surface area contributed by atoms with Crippen LogP contribution in [0.1, 0.15) is 28.9 Å². The van der Waals surface area contributed by atoms with Gasteiger partial charge in [0.2, 0.25) is 0 Å². The Hall–Kier alpha value is -2.23. The van der Waals surface area contributed by atoms with Crippen LogP contribution < -0.4 is 62.0 Å². The van der Waals surface area contributed by atoms with Gasteiger partial charge in [-0.1, -0.05) is 12.1 Å². The first-order chi connectivity index (χ1) is 14.5. The molecule has 2 N–H and O–H groups in total. The summed E-state index contributed by atoms with van der Waals surface area (Å²) >= 11 is 0. The molecule has 0 aliphatic carbocycles. The second-order valence-corrected chi connectivity index (χ2v) is 7.26. The van der Waals surface area contributed by atoms with Crippen molar-refractivity contribution in [1.29, 1.82) is 0 Å². The monoisotopic (exact) mass is 438 g/mol. The smallest absolute Gasteiger partial charge is 0.560 e. The fraction of sp³-hybridized carbons (Fsp3) is 0.174. The Kier molecular flexibility index (Phi) is 7.85. The van der Waals surface area contributed by atoms with Gasteiger partial charge in [-0.3, -0.25) is 4.79 Å². The number of aliphatic imine (C=N–C) groups is 1. The molecule has 152 valence electrons. The van der Waals surface area contributed by atoms with E-state index in [0.29, 0.717) is 5.56 Å². The number of rotatable bonds is 6. The van der Waals surface area contributed by atoms with Crippen LogP contribution in [0.4, 0.5) is 5.69 Å². The Morgan fingerprint density at radius 2 is 2.16 bits per heavy atom. The molecule has 0 bridgehead atoms. The van der Waals surface area contributed by atoms with Crippen molar-refractivity contribution < 1.29 is 60.8 Å². The first kappa shape index (κ1) is 23.4. The molecule has 0 saturated carbocycles. The number of carbonyl (C=O) groups excluding carboxylic acids is 1. The van der Waals surface area contributed by atoms with Gasteiger partial charge in [0.25, 0.3) is 5.91 Å². The number of aryl methyl sites for hydroxylation is 1. The summed E-state index contributed by atoms with van der Waals surface area (Å²) in [4.78, 5) is 21.3. The molecule has 1 aliphatic heterocycles. The van der Waals surface area contributed by atoms with Gasteiger partial charge >= 0.3 is 51.4 Å². The number of amides is 1. The van der Waals surface area contributed by atoms with Gasteiger partial charge in [-0.15, -0.1) is 6.20 Å². The zero-order chi connectivity index (χ0) is 21.1. The molecule has 1 aliphatic rings. The van der Waals surface area contributed by atoms with E-state index in [1.807, 2.05) is 85.5 Å². The minimum atomic E-state index is -0.189. The molecule has 0 fully saturated rings. The standard InChI is InChI=1S/C23H23N6O.K/c1-16(24-8-9-25-21-14-28(2)15-21)17-5-4-6-20(12-17)27-23(30)19-11-18-7-10-29(3)22(18)26-13-19;/h4-7,9-16,24H,1-3H3,(H,27,30);/q-1;+1. The van der Waals surface area contributed by atoms with Crippen LogP contribution in [0.15, 0.2) is 60.0 Å². The minimum absolute atomic E-state index is 0. The van der Waals surface area contributed by atoms with Crippen molar-refractivity contribution in [2.24, 2.45) is 12.0 Å². The molecule has 2 aromatic heterocycles. The zero-order valence-corrected chi connectivity index (χ0v) is 21.2. The average Bonchev–Trinajstić information content (AvgIpc) is 3.10. The van der Waals surface area contributed by atoms with Crippen molar-refractivity contribution in [3.8, 4) is 0 Å². The largest absolute Gasteiger partial charge is 1.00 e. The second kappa shape index (κ2) is 10.4. The molecule has 7 nitrogen and oxygen atoms in total. The van der Waals surface area contributed by atoms with Gasteiger partial charge in [0.05, 0.1) is 24.0 Å². The summed E-state index contributed by atoms with van der Waals surface area (Å²) in [5, 5.41) is 7.06. The summed E-state index contributed by atoms with van der Waals surface area (Å²) in [6, 6.07) is 11.5. The third kappa shape index (κ3) is 5.72. The van der Waals surface area contributed by atoms with Crippen LogP contribution >= 0.6 is 0 Å². The fourth-order valence-electron chi connectivity index (χ4n) is 3.19. The molecular weight excluding hydrogens is 415 g/mol. The Morgan fingerprint density at radius 3 is 2.94 bits per heavy atom. The van der Waals surface area contributed by atoms with E-state index in [4.69, 9.17) is 0 Å². The van der Waals surface area contributed by atoms with Crippen LogP contribution in [0.2, 0.25) is 0 Å². The molecule has 31 heavy (non-hydrogen) atoms. The Morgan fingerprint density at radius 1 is 1.35 bits per heavy atom. The molecule has 0 saturated heterocycles. The predicted octanol–water partition coefficient (Wildman–Crippen LogP) is 0.0841. The number of anilines is 1. The van der Waals surface area contributed by atoms with Crippen LogP contribution in [0.5, 0.6) is 0 Å². The molecule has 4 rings (SSSR count). The van der Waals surface area contributed by atoms with E-state index in [9.17, 15) is 4.79 Å². The predicted molar refractivity (Wildman–Crippen MR) is 118 cm³/mol. The number of nitrogens with zero attached hydrogens (tertiary/aromatic N) is 4. The van der Waals surface area contributed by atoms with Gasteiger partial charge in [0, 0.05) is 36.6 Å². The minimum Gasteiger partial charge on any atom is -0.560 e. The number of aromatic nitrogens is 2. The normalized spacial score (nSPS) is 15.1. The van der Waals surface area contributed by atoms with E-state index >= 15 is 0 Å². The van der Waals surface area contributed by atoms with E-state index < -0.39 is 0 Å². The van der Waals surface area contributed by atoms with Gasteiger partial charge in [0.15, 0.2) is 0 Å². The number of hydrogen-bond donors (Lipinski definition) is 2. The van der Waals surface area contributed by atoms with Crippen molar-refractivity contribution in [3.05, 3.63) is 78.9 Å². The van der Waals surface area contributed by atoms with Gasteiger partial charge < -0.3 is 31.0 Å². The third-order valence-electron chi connectivity index (χ3n) is 4.86. The molecule has 1 atom stereocenters. The molecule has 0 radical (unpaired) electrons. The fourth-order valence-corrected chi connectivity index (χ4v) is 3.19. The Labute approximate surface area is 224 Å². The number of pyridine rings is 1. The number of fused-ring (bicyclic) bond motifs is 1. The summed E-state index contributed by atoms with van der Waals surface area (Å²) in [6.45, 7) is 3.95. The number of nitrogens with one attached hydrogen (secondary N) is 2. The second-order valence-electron chi connectivity index (χ2n) is 7.26. The zero-order valence-electron chi connectivity index (χ0n) is 18.1. The third-order valence-corrected chi connectivity index (χ3v) is 4.86. The van der Waals surface area contributed by atoms with E-state index in [2.05, 4.69) is 26.8 Å². The summed E-state index contributed by atoms with van der Waals surface area (Å²) in [5.74, 6) is -0.189. The van der Waals surface area contributed by atoms with E-state index in [-0.39, 0.29) is 63.3 Å². The maximum Gasteiger partial charge on any atom is 1.00 e. The molecule has 8 heteroatoms. The van der Waals surface area contributed by atoms with Crippen LogP contribution in [0.3, 0.4) is 0 Å². The summed E-state index contributed by atoms with van der Waals surface area (Å²) in [7, 11) is 3.88. The molecular formula is C23H23KN6O. The van der Waals surface area contributed by atoms with Crippen molar-refractivity contribution >= 4 is 34.6 Å². The van der Waals surface area contributed by atoms with E-state index in [1.165, 1.54) is 0 Å². The summed E-state index contributed by atoms with van der Waals surface area (Å²) in [6.07, 6.45) is 10.1. The quantitative estimate of drug-likeness (QED) is 0.248. The van der Waals surface area contributed by atoms with Gasteiger partial charge in [0.1, 0.15) is 12.7 Å². The SMILES string of the molecule is CC(N[C-]=CN=C1C=[N+](C)[CH-]1)c1cccc(NC(=O)c2cnc3c(ccn3C)c2)c1.[K+]. The Balaban J connectivity index is 0.00000272. The topological polar surface area (TPSA) is 74.3 Å². The van der Waals surface area contributed by atoms with Crippen LogP contribution in [0, 0.1) is 12.7 Å². The number of carbonyl (C=O) groups is 1. The van der Waals surface area contributed by atoms with E-state index in [1.54, 1.807) is 12.4 Å². The van der Waals surface area contributed by atoms with Gasteiger partial charge in [-0.25, -0.2) is 4.98 Å². The summed E-state index contributed by atoms with van der Waals surface area (Å²) < 4.78 is 3.87. The summed E-state index contributed by atoms with van der Waals surface area (Å²) in [5.41, 5.74) is 4.04. The molecule has 3 aromatic rings. The van der Waals surface area contributed by atoms with Crippen LogP contribution in [-0.2, 0) is 7.05 Å². The molecule has 1 aromatic carbocycles. The first-order valence-electron chi connectivity index (χ1n) is 9.64. The van der Waals surface area contributed by atoms with Crippen LogP contribution in [-0.4, -0.2) is 39.0 Å². The van der Waals surface area contributed by atoms with Crippen molar-refractivity contribution in [3.63, 3.8) is 0 Å². The molecule has 0 spiro atoms. The van der Waals surface area contributed by atoms with Gasteiger partial charge in [-0.05, 0) is 36.8 Å². The number of hydrogen-bond acceptors (Lipinski definition) is 4. The van der Waals surface area contributed by atoms with Gasteiger partial charge in [-0.2, -0.15) is 0 Å². The van der Waals surface area contributed by atoms with Crippen LogP contribution in [0.25, 0.3) is 11.0 Å². The Bertz CT molecular complexity index is 1190. The van der Waals surface area contributed by atoms with Crippen molar-refractivity contribution in [1.82, 2.24) is 14.9 Å². The van der Waals surface area contributed by atoms with Crippen molar-refractivity contribution in [2.45, 2.75) is 13.0 Å². The maximum absolute atomic E-state index is 12.7.